The standard InChI is InChI=1S/C56H67ClN6O16.C42H58ClN5O14.C4H9NO/c1-31-14-13-19-44(74-8)56(72)26-43(77-53(70)60-56)32(2)51-55(4,79-51)45(25-48(67)63(6)41-23-34(22-31)24-42(73-7)50(41)57)78-52(69)33(3)62(5)49(68)28-59-46(65)21-20-35(64)27-58-47(66)30-76-61-54(71)75-29-40-38-17-11-9-15-36(38)37-16-10-12-18-39(37)40;1-23-10-9-11-32(58-8)42(56)20-31(60-40(55)46-42)24(2)38-41(4,62-38)33(19-35(52)48(6)29-17-26(16-23)18-30(57-7)37(29)43)61-39(54)25(3)47(5)36(53)21-45-34(51)15-14-27(49)12-13-28(50)22-59-44;1-3-6-4-2-5-1/h9-19,23-24,32-33,40,43-45,51,72H,20-22,25-30H2,1-8H3,(H,58,66)(H,59,65)(H,60,70)(H,61,71);9-11,17-18,24-25,31-33,38,56H,12-16,19-22,44H2,1-8H3,(H,45,51)(H,46,55);5H,1-4H2/b19-13+,31-14+;11-9+,23-10+;. The largest absolute Gasteiger partial charge is 0.495 e. The van der Waals surface area contributed by atoms with E-state index in [1.165, 1.54) is 80.3 Å². The number of methoxy groups -OCH3 is 4. The summed E-state index contributed by atoms with van der Waals surface area (Å²) in [5.74, 6) is -3.33. The first-order valence-electron chi connectivity index (χ1n) is 48.1. The molecule has 5 saturated heterocycles. The van der Waals surface area contributed by atoms with Crippen molar-refractivity contribution >= 4 is 123 Å². The molecule has 0 radical (unpaired) electrons. The number of hydrogen-bond acceptors (Lipinski definition) is 33. The molecular weight excluding hydrogens is 1960 g/mol. The Balaban J connectivity index is 0.000000292. The average molecular weight is 2100 g/mol. The van der Waals surface area contributed by atoms with E-state index in [2.05, 4.69) is 42.2 Å². The third-order valence-electron chi connectivity index (χ3n) is 27.1. The van der Waals surface area contributed by atoms with E-state index in [1.54, 1.807) is 76.3 Å². The number of aliphatic hydroxyl groups is 2. The number of carbonyl (C=O) groups is 15. The number of ketones is 3. The first kappa shape index (κ1) is 117. The van der Waals surface area contributed by atoms with Gasteiger partial charge in [0.1, 0.15) is 100 Å². The lowest BCUT2D eigenvalue weighted by atomic mass is 9.83. The van der Waals surface area contributed by atoms with Crippen molar-refractivity contribution in [2.45, 2.75) is 222 Å². The minimum absolute atomic E-state index is 0.0331. The molecule has 5 fully saturated rings. The Hall–Kier alpha value is -12.4. The fourth-order valence-electron chi connectivity index (χ4n) is 17.9. The minimum atomic E-state index is -1.91. The van der Waals surface area contributed by atoms with Gasteiger partial charge in [-0.05, 0) is 112 Å². The Morgan fingerprint density at radius 2 is 0.986 bits per heavy atom. The van der Waals surface area contributed by atoms with Crippen molar-refractivity contribution in [3.05, 3.63) is 153 Å². The molecule has 16 unspecified atom stereocenters. The number of rotatable bonds is 32. The van der Waals surface area contributed by atoms with Gasteiger partial charge in [-0.1, -0.05) is 133 Å². The number of nitrogens with zero attached hydrogens (tertiary/aromatic N) is 4. The summed E-state index contributed by atoms with van der Waals surface area (Å²) in [5, 5.41) is 39.3. The summed E-state index contributed by atoms with van der Waals surface area (Å²) in [5.41, 5.74) is 3.66. The van der Waals surface area contributed by atoms with Crippen molar-refractivity contribution in [2.75, 3.05) is 132 Å². The Morgan fingerprint density at radius 3 is 1.39 bits per heavy atom. The second-order valence-corrected chi connectivity index (χ2v) is 38.4. The van der Waals surface area contributed by atoms with Gasteiger partial charge in [0.05, 0.1) is 83.5 Å². The molecule has 8 aliphatic rings. The van der Waals surface area contributed by atoms with E-state index in [0.29, 0.717) is 35.7 Å². The smallest absolute Gasteiger partial charge is 0.431 e. The highest BCUT2D eigenvalue weighted by Crippen LogP contribution is 2.52. The summed E-state index contributed by atoms with van der Waals surface area (Å²) in [6, 6.07) is 20.2. The van der Waals surface area contributed by atoms with Gasteiger partial charge in [0, 0.05) is 125 Å². The van der Waals surface area contributed by atoms with Crippen LogP contribution in [0.25, 0.3) is 11.1 Å². The van der Waals surface area contributed by atoms with E-state index >= 15 is 0 Å². The van der Waals surface area contributed by atoms with Crippen LogP contribution in [0.2, 0.25) is 10.0 Å². The predicted octanol–water partition coefficient (Wildman–Crippen LogP) is 6.39. The topological polar surface area (TPSA) is 556 Å². The fraction of sp³-hybridized carbons (Fsp3) is 0.539. The maximum atomic E-state index is 14.3. The molecule has 11 N–H and O–H groups in total. The van der Waals surface area contributed by atoms with Crippen LogP contribution in [0.15, 0.2) is 120 Å². The zero-order chi connectivity index (χ0) is 108. The van der Waals surface area contributed by atoms with Gasteiger partial charge in [-0.3, -0.25) is 68.3 Å². The molecule has 802 valence electrons. The number of hydrogen-bond donors (Lipinski definition) is 10. The number of morpholine rings is 1. The van der Waals surface area contributed by atoms with Crippen LogP contribution >= 0.6 is 23.2 Å². The molecular formula is C102H134Cl2N12O31. The molecule has 43 nitrogen and oxygen atoms in total. The van der Waals surface area contributed by atoms with Crippen molar-refractivity contribution < 1.29 is 149 Å². The molecule has 0 spiro atoms. The van der Waals surface area contributed by atoms with Crippen LogP contribution in [0.3, 0.4) is 0 Å². The predicted molar refractivity (Wildman–Crippen MR) is 532 cm³/mol. The van der Waals surface area contributed by atoms with Gasteiger partial charge < -0.3 is 108 Å². The Kier molecular flexibility index (Phi) is 42.0. The van der Waals surface area contributed by atoms with E-state index in [4.69, 9.17) is 90.8 Å². The second kappa shape index (κ2) is 53.0. The number of allylic oxidation sites excluding steroid dienone is 6. The van der Waals surface area contributed by atoms with Crippen molar-refractivity contribution in [3.8, 4) is 22.6 Å². The fourth-order valence-corrected chi connectivity index (χ4v) is 18.6. The van der Waals surface area contributed by atoms with E-state index in [9.17, 15) is 82.1 Å². The van der Waals surface area contributed by atoms with Gasteiger partial charge in [0.25, 0.3) is 0 Å². The highest BCUT2D eigenvalue weighted by Gasteiger charge is 2.67. The molecule has 45 heteroatoms. The van der Waals surface area contributed by atoms with Gasteiger partial charge in [-0.25, -0.2) is 29.9 Å². The summed E-state index contributed by atoms with van der Waals surface area (Å²) in [4.78, 5) is 209. The molecule has 147 heavy (non-hydrogen) atoms. The monoisotopic (exact) mass is 2090 g/mol. The Morgan fingerprint density at radius 1 is 0.571 bits per heavy atom. The van der Waals surface area contributed by atoms with Crippen molar-refractivity contribution in [1.29, 1.82) is 0 Å². The van der Waals surface area contributed by atoms with Gasteiger partial charge in [-0.15, -0.1) is 0 Å². The van der Waals surface area contributed by atoms with Gasteiger partial charge in [0.2, 0.25) is 41.4 Å². The first-order valence-corrected chi connectivity index (χ1v) is 48.9. The lowest BCUT2D eigenvalue weighted by Crippen LogP contribution is -2.63. The zero-order valence-corrected chi connectivity index (χ0v) is 86.8. The number of anilines is 2. The maximum Gasteiger partial charge on any atom is 0.431 e. The van der Waals surface area contributed by atoms with E-state index in [0.717, 1.165) is 80.6 Å². The Bertz CT molecular complexity index is 5550. The van der Waals surface area contributed by atoms with Gasteiger partial charge in [-0.2, -0.15) is 5.48 Å². The summed E-state index contributed by atoms with van der Waals surface area (Å²) in [6.45, 7) is 14.8. The number of amides is 10. The number of alkyl carbamates (subject to hydrolysis) is 2. The number of fused-ring (bicyclic) bond motifs is 13. The maximum absolute atomic E-state index is 14.3. The van der Waals surface area contributed by atoms with Crippen LogP contribution in [0.1, 0.15) is 148 Å². The summed E-state index contributed by atoms with van der Waals surface area (Å²) < 4.78 is 68.7. The quantitative estimate of drug-likeness (QED) is 0.0109. The van der Waals surface area contributed by atoms with Crippen LogP contribution in [0.5, 0.6) is 11.5 Å². The van der Waals surface area contributed by atoms with Crippen LogP contribution < -0.4 is 62.6 Å². The number of epoxide rings is 2. The van der Waals surface area contributed by atoms with Crippen LogP contribution in [-0.4, -0.2) is 315 Å². The van der Waals surface area contributed by atoms with E-state index < -0.39 is 212 Å². The van der Waals surface area contributed by atoms with Crippen molar-refractivity contribution in [1.82, 2.24) is 47.2 Å². The average Bonchev–Trinajstić information content (AvgIpc) is 1.57. The highest BCUT2D eigenvalue weighted by molar-refractivity contribution is 6.36. The molecule has 1 aliphatic carbocycles. The molecule has 0 saturated carbocycles. The molecule has 16 atom stereocenters. The molecule has 4 aromatic carbocycles. The lowest BCUT2D eigenvalue weighted by Gasteiger charge is -2.42. The van der Waals surface area contributed by atoms with Gasteiger partial charge in [0.15, 0.2) is 29.6 Å². The van der Waals surface area contributed by atoms with Crippen molar-refractivity contribution in [3.63, 3.8) is 0 Å². The second-order valence-electron chi connectivity index (χ2n) is 37.6. The van der Waals surface area contributed by atoms with E-state index in [1.807, 2.05) is 74.5 Å². The van der Waals surface area contributed by atoms with Gasteiger partial charge >= 0.3 is 30.2 Å². The highest BCUT2D eigenvalue weighted by atomic mass is 35.5. The van der Waals surface area contributed by atoms with Crippen LogP contribution in [0.4, 0.5) is 25.8 Å². The number of nitrogens with two attached hydrogens (primary N) is 1. The number of benzene rings is 4. The zero-order valence-electron chi connectivity index (χ0n) is 85.3. The number of Topliss-reactive ketones (excluding diaryl/α,β-unsaturated/α-hetero) is 3. The normalized spacial score (nSPS) is 26.3. The molecule has 12 rings (SSSR count). The molecule has 10 amide bonds. The van der Waals surface area contributed by atoms with Crippen molar-refractivity contribution in [2.24, 2.45) is 17.7 Å². The molecule has 8 bridgehead atoms. The summed E-state index contributed by atoms with van der Waals surface area (Å²) in [7, 11) is 11.4. The molecule has 7 aliphatic heterocycles. The molecule has 4 aromatic rings. The summed E-state index contributed by atoms with van der Waals surface area (Å²) in [6.07, 6.45) is -1.78. The number of carbonyl (C=O) groups excluding carboxylic acids is 15. The third-order valence-corrected chi connectivity index (χ3v) is 27.9. The number of likely N-dealkylation sites (N-methyl/N-ethyl adjacent to an activating group) is 2. The molecule has 0 aromatic heterocycles. The number of nitrogens with one attached hydrogen (secondary N) is 7. The lowest BCUT2D eigenvalue weighted by molar-refractivity contribution is -0.162. The Labute approximate surface area is 862 Å². The number of ether oxygens (including phenoxy) is 12. The SMILES string of the molecule is C1COCCN1.COc1cc2cc(c1Cl)N(C)C(=O)CC(OC(=O)C(C)N(C)C(=O)CNC(=O)CCC(=O)CCC(=O)CON)C1(C)OC1C(C)C1CC(O)(NC(=O)O1)C(OC)/C=C/C=C(\C)C2.COc1cc2cc(c1Cl)N(C)C(=O)CC(OC(=O)C(C)N(C)C(=O)CNC(=O)CCC(=O)CNC(=O)CONC(=O)OCC1c3ccccc3-c3ccccc31)C1(C)OC1C(C)C1CC(O)(NC(=O)O1)C(OC)/C=C/C=C(\C)C2. The van der Waals surface area contributed by atoms with Crippen LogP contribution in [0, 0.1) is 11.8 Å². The third kappa shape index (κ3) is 30.9. The van der Waals surface area contributed by atoms with E-state index in [-0.39, 0.29) is 92.1 Å². The number of hydroxylamine groups is 1. The first-order chi connectivity index (χ1) is 69.7. The summed E-state index contributed by atoms with van der Waals surface area (Å²) >= 11 is 13.6. The number of esters is 2. The minimum Gasteiger partial charge on any atom is -0.495 e. The molecule has 7 heterocycles. The van der Waals surface area contributed by atoms with Crippen LogP contribution in [-0.2, 0) is 127 Å². The number of halogens is 2.